The molecule has 21 heavy (non-hydrogen) atoms. The summed E-state index contributed by atoms with van der Waals surface area (Å²) in [7, 11) is 1.27. The Morgan fingerprint density at radius 1 is 1.38 bits per heavy atom. The molecule has 0 saturated carbocycles. The minimum atomic E-state index is -0.723. The average molecular weight is 290 g/mol. The summed E-state index contributed by atoms with van der Waals surface area (Å²) in [6, 6.07) is 3.73. The van der Waals surface area contributed by atoms with Crippen molar-refractivity contribution in [2.24, 2.45) is 5.92 Å². The molecule has 1 aromatic heterocycles. The molecule has 0 radical (unpaired) electrons. The third kappa shape index (κ3) is 3.87. The number of esters is 1. The molecular weight excluding hydrogens is 272 g/mol. The molecule has 1 fully saturated rings. The SMILES string of the molecule is COC(=O)C1CCN(C(=O)CCc2ccncc2)CC1=O. The highest BCUT2D eigenvalue weighted by molar-refractivity contribution is 6.01. The van der Waals surface area contributed by atoms with Gasteiger partial charge < -0.3 is 9.64 Å². The number of methoxy groups -OCH3 is 1. The number of likely N-dealkylation sites (tertiary alicyclic amines) is 1. The molecular formula is C15H18N2O4. The van der Waals surface area contributed by atoms with E-state index in [9.17, 15) is 14.4 Å². The Kier molecular flexibility index (Phi) is 5.03. The summed E-state index contributed by atoms with van der Waals surface area (Å²) in [5.74, 6) is -1.54. The van der Waals surface area contributed by atoms with Gasteiger partial charge in [-0.25, -0.2) is 0 Å². The maximum Gasteiger partial charge on any atom is 0.316 e. The zero-order valence-corrected chi connectivity index (χ0v) is 11.9. The van der Waals surface area contributed by atoms with Crippen molar-refractivity contribution in [1.29, 1.82) is 0 Å². The highest BCUT2D eigenvalue weighted by atomic mass is 16.5. The van der Waals surface area contributed by atoms with Crippen LogP contribution < -0.4 is 0 Å². The number of pyridine rings is 1. The molecule has 1 saturated heterocycles. The molecule has 1 amide bonds. The van der Waals surface area contributed by atoms with Crippen LogP contribution in [0.5, 0.6) is 0 Å². The van der Waals surface area contributed by atoms with E-state index in [4.69, 9.17) is 0 Å². The molecule has 1 aromatic rings. The number of aryl methyl sites for hydroxylation is 1. The van der Waals surface area contributed by atoms with E-state index in [1.54, 1.807) is 12.4 Å². The summed E-state index contributed by atoms with van der Waals surface area (Å²) in [5.41, 5.74) is 1.04. The monoisotopic (exact) mass is 290 g/mol. The summed E-state index contributed by atoms with van der Waals surface area (Å²) in [6.07, 6.45) is 4.68. The fourth-order valence-corrected chi connectivity index (χ4v) is 2.39. The molecule has 6 nitrogen and oxygen atoms in total. The third-order valence-corrected chi connectivity index (χ3v) is 3.64. The van der Waals surface area contributed by atoms with E-state index in [1.807, 2.05) is 12.1 Å². The van der Waals surface area contributed by atoms with E-state index >= 15 is 0 Å². The largest absolute Gasteiger partial charge is 0.468 e. The molecule has 0 aliphatic carbocycles. The first kappa shape index (κ1) is 15.2. The lowest BCUT2D eigenvalue weighted by molar-refractivity contribution is -0.154. The van der Waals surface area contributed by atoms with E-state index in [0.29, 0.717) is 25.8 Å². The van der Waals surface area contributed by atoms with Crippen molar-refractivity contribution >= 4 is 17.7 Å². The van der Waals surface area contributed by atoms with Gasteiger partial charge in [0.1, 0.15) is 5.92 Å². The standard InChI is InChI=1S/C15H18N2O4/c1-21-15(20)12-6-9-17(10-13(12)18)14(19)3-2-11-4-7-16-8-5-11/h4-5,7-8,12H,2-3,6,9-10H2,1H3. The van der Waals surface area contributed by atoms with Gasteiger partial charge in [0.25, 0.3) is 0 Å². The van der Waals surface area contributed by atoms with Crippen molar-refractivity contribution in [3.63, 3.8) is 0 Å². The minimum Gasteiger partial charge on any atom is -0.468 e. The van der Waals surface area contributed by atoms with Crippen LogP contribution >= 0.6 is 0 Å². The molecule has 0 aromatic carbocycles. The second-order valence-corrected chi connectivity index (χ2v) is 5.00. The van der Waals surface area contributed by atoms with Crippen LogP contribution in [-0.2, 0) is 25.5 Å². The summed E-state index contributed by atoms with van der Waals surface area (Å²) in [5, 5.41) is 0. The van der Waals surface area contributed by atoms with Gasteiger partial charge in [-0.05, 0) is 30.5 Å². The number of ether oxygens (including phenoxy) is 1. The van der Waals surface area contributed by atoms with Crippen molar-refractivity contribution in [3.05, 3.63) is 30.1 Å². The Morgan fingerprint density at radius 2 is 2.10 bits per heavy atom. The molecule has 1 aliphatic heterocycles. The van der Waals surface area contributed by atoms with E-state index in [-0.39, 0.29) is 18.2 Å². The van der Waals surface area contributed by atoms with Gasteiger partial charge in [-0.3, -0.25) is 19.4 Å². The molecule has 2 rings (SSSR count). The average Bonchev–Trinajstić information content (AvgIpc) is 2.52. The van der Waals surface area contributed by atoms with Gasteiger partial charge in [-0.2, -0.15) is 0 Å². The molecule has 1 unspecified atom stereocenters. The fourth-order valence-electron chi connectivity index (χ4n) is 2.39. The second kappa shape index (κ2) is 6.97. The molecule has 1 aliphatic rings. The number of amides is 1. The first-order valence-corrected chi connectivity index (χ1v) is 6.89. The fraction of sp³-hybridized carbons (Fsp3) is 0.467. The number of carbonyl (C=O) groups excluding carboxylic acids is 3. The Morgan fingerprint density at radius 3 is 2.71 bits per heavy atom. The van der Waals surface area contributed by atoms with E-state index < -0.39 is 11.9 Å². The Hall–Kier alpha value is -2.24. The lowest BCUT2D eigenvalue weighted by Gasteiger charge is -2.29. The van der Waals surface area contributed by atoms with Crippen molar-refractivity contribution in [3.8, 4) is 0 Å². The summed E-state index contributed by atoms with van der Waals surface area (Å²) in [4.78, 5) is 40.8. The lowest BCUT2D eigenvalue weighted by atomic mass is 9.95. The quantitative estimate of drug-likeness (QED) is 0.599. The van der Waals surface area contributed by atoms with Gasteiger partial charge in [0.05, 0.1) is 13.7 Å². The number of aromatic nitrogens is 1. The molecule has 112 valence electrons. The van der Waals surface area contributed by atoms with E-state index in [0.717, 1.165) is 5.56 Å². The number of hydrogen-bond donors (Lipinski definition) is 0. The molecule has 0 spiro atoms. The third-order valence-electron chi connectivity index (χ3n) is 3.64. The summed E-state index contributed by atoms with van der Waals surface area (Å²) in [6.45, 7) is 0.412. The van der Waals surface area contributed by atoms with Crippen LogP contribution in [0, 0.1) is 5.92 Å². The highest BCUT2D eigenvalue weighted by Gasteiger charge is 2.34. The van der Waals surface area contributed by atoms with Crippen LogP contribution in [0.15, 0.2) is 24.5 Å². The van der Waals surface area contributed by atoms with Crippen LogP contribution in [0.2, 0.25) is 0 Å². The minimum absolute atomic E-state index is 0.00501. The predicted molar refractivity (Wildman–Crippen MR) is 74.3 cm³/mol. The number of hydrogen-bond acceptors (Lipinski definition) is 5. The zero-order valence-electron chi connectivity index (χ0n) is 11.9. The number of piperidine rings is 1. The van der Waals surface area contributed by atoms with Crippen molar-refractivity contribution < 1.29 is 19.1 Å². The zero-order chi connectivity index (χ0) is 15.2. The van der Waals surface area contributed by atoms with Gasteiger partial charge >= 0.3 is 5.97 Å². The molecule has 0 bridgehead atoms. The van der Waals surface area contributed by atoms with Crippen LogP contribution in [0.4, 0.5) is 0 Å². The Labute approximate surface area is 123 Å². The van der Waals surface area contributed by atoms with Gasteiger partial charge in [0.15, 0.2) is 5.78 Å². The molecule has 0 N–H and O–H groups in total. The lowest BCUT2D eigenvalue weighted by Crippen LogP contribution is -2.46. The van der Waals surface area contributed by atoms with Gasteiger partial charge in [-0.15, -0.1) is 0 Å². The number of Topliss-reactive ketones (excluding diaryl/α,β-unsaturated/α-hetero) is 1. The van der Waals surface area contributed by atoms with Gasteiger partial charge in [0.2, 0.25) is 5.91 Å². The number of ketones is 1. The molecule has 6 heteroatoms. The van der Waals surface area contributed by atoms with Gasteiger partial charge in [0, 0.05) is 25.4 Å². The number of carbonyl (C=O) groups is 3. The molecule has 2 heterocycles. The van der Waals surface area contributed by atoms with Crippen molar-refractivity contribution in [2.75, 3.05) is 20.2 Å². The number of rotatable bonds is 4. The van der Waals surface area contributed by atoms with Crippen LogP contribution in [-0.4, -0.2) is 47.7 Å². The summed E-state index contributed by atoms with van der Waals surface area (Å²) >= 11 is 0. The van der Waals surface area contributed by atoms with Crippen LogP contribution in [0.1, 0.15) is 18.4 Å². The first-order chi connectivity index (χ1) is 10.1. The molecule has 1 atom stereocenters. The van der Waals surface area contributed by atoms with E-state index in [2.05, 4.69) is 9.72 Å². The first-order valence-electron chi connectivity index (χ1n) is 6.89. The van der Waals surface area contributed by atoms with Crippen molar-refractivity contribution in [2.45, 2.75) is 19.3 Å². The maximum absolute atomic E-state index is 12.1. The normalized spacial score (nSPS) is 18.4. The van der Waals surface area contributed by atoms with Crippen molar-refractivity contribution in [1.82, 2.24) is 9.88 Å². The summed E-state index contributed by atoms with van der Waals surface area (Å²) < 4.78 is 4.59. The Bertz CT molecular complexity index is 530. The van der Waals surface area contributed by atoms with Crippen LogP contribution in [0.3, 0.4) is 0 Å². The Balaban J connectivity index is 1.85. The highest BCUT2D eigenvalue weighted by Crippen LogP contribution is 2.16. The van der Waals surface area contributed by atoms with Gasteiger partial charge in [-0.1, -0.05) is 0 Å². The van der Waals surface area contributed by atoms with Crippen LogP contribution in [0.25, 0.3) is 0 Å². The topological polar surface area (TPSA) is 76.6 Å². The smallest absolute Gasteiger partial charge is 0.316 e. The second-order valence-electron chi connectivity index (χ2n) is 5.00. The number of nitrogens with zero attached hydrogens (tertiary/aromatic N) is 2. The predicted octanol–water partition coefficient (Wildman–Crippen LogP) is 0.605. The maximum atomic E-state index is 12.1. The van der Waals surface area contributed by atoms with E-state index in [1.165, 1.54) is 12.0 Å².